The highest BCUT2D eigenvalue weighted by Crippen LogP contribution is 2.24. The van der Waals surface area contributed by atoms with Gasteiger partial charge in [0.05, 0.1) is 24.2 Å². The highest BCUT2D eigenvalue weighted by Gasteiger charge is 2.15. The Bertz CT molecular complexity index is 611. The molecule has 2 rings (SSSR count). The van der Waals surface area contributed by atoms with Gasteiger partial charge >= 0.3 is 0 Å². The molecule has 22 heavy (non-hydrogen) atoms. The van der Waals surface area contributed by atoms with E-state index in [1.165, 1.54) is 9.78 Å². The lowest BCUT2D eigenvalue weighted by Crippen LogP contribution is -3.11. The third-order valence-corrected chi connectivity index (χ3v) is 4.42. The third kappa shape index (κ3) is 4.58. The predicted octanol–water partition coefficient (Wildman–Crippen LogP) is 2.11. The first-order chi connectivity index (χ1) is 10.6. The Labute approximate surface area is 135 Å². The molecule has 1 heterocycles. The molecule has 1 atom stereocenters. The summed E-state index contributed by atoms with van der Waals surface area (Å²) in [5.41, 5.74) is 1.83. The van der Waals surface area contributed by atoms with Gasteiger partial charge in [-0.25, -0.2) is 0 Å². The lowest BCUT2D eigenvalue weighted by Gasteiger charge is -2.17. The second-order valence-electron chi connectivity index (χ2n) is 5.29. The van der Waals surface area contributed by atoms with E-state index in [2.05, 4.69) is 23.7 Å². The molecule has 5 heteroatoms. The van der Waals surface area contributed by atoms with Crippen LogP contribution in [0.1, 0.15) is 17.4 Å². The number of anilines is 1. The Hall–Kier alpha value is -1.85. The smallest absolute Gasteiger partial charge is 0.279 e. The van der Waals surface area contributed by atoms with Crippen molar-refractivity contribution in [3.63, 3.8) is 0 Å². The number of methoxy groups -OCH3 is 1. The molecule has 0 aliphatic carbocycles. The van der Waals surface area contributed by atoms with Crippen LogP contribution in [0.3, 0.4) is 0 Å². The number of likely N-dealkylation sites (N-methyl/N-ethyl adjacent to an activating group) is 1. The topological polar surface area (TPSA) is 42.8 Å². The molecule has 1 unspecified atom stereocenters. The van der Waals surface area contributed by atoms with Gasteiger partial charge in [-0.05, 0) is 43.0 Å². The van der Waals surface area contributed by atoms with E-state index in [-0.39, 0.29) is 5.91 Å². The second-order valence-corrected chi connectivity index (χ2v) is 6.32. The molecule has 0 fully saturated rings. The summed E-state index contributed by atoms with van der Waals surface area (Å²) >= 11 is 1.73. The van der Waals surface area contributed by atoms with Crippen molar-refractivity contribution in [2.75, 3.05) is 25.5 Å². The van der Waals surface area contributed by atoms with Crippen molar-refractivity contribution < 1.29 is 14.4 Å². The van der Waals surface area contributed by atoms with Crippen molar-refractivity contribution in [2.45, 2.75) is 20.4 Å². The van der Waals surface area contributed by atoms with Crippen molar-refractivity contribution in [3.05, 3.63) is 46.2 Å². The molecule has 4 nitrogen and oxygen atoms in total. The van der Waals surface area contributed by atoms with E-state index in [1.807, 2.05) is 31.2 Å². The Morgan fingerprint density at radius 2 is 2.18 bits per heavy atom. The Balaban J connectivity index is 1.98. The van der Waals surface area contributed by atoms with Crippen LogP contribution in [0.15, 0.2) is 35.7 Å². The number of ether oxygens (including phenoxy) is 1. The van der Waals surface area contributed by atoms with Crippen molar-refractivity contribution in [1.82, 2.24) is 0 Å². The van der Waals surface area contributed by atoms with Gasteiger partial charge in [0.2, 0.25) is 0 Å². The Kier molecular flexibility index (Phi) is 5.98. The van der Waals surface area contributed by atoms with Crippen LogP contribution >= 0.6 is 11.3 Å². The molecule has 0 saturated carbocycles. The number of nitrogens with one attached hydrogen (secondary N) is 2. The summed E-state index contributed by atoms with van der Waals surface area (Å²) in [5, 5.41) is 5.04. The molecule has 1 aromatic heterocycles. The summed E-state index contributed by atoms with van der Waals surface area (Å²) in [7, 11) is 1.61. The Morgan fingerprint density at radius 1 is 1.36 bits per heavy atom. The van der Waals surface area contributed by atoms with Gasteiger partial charge in [-0.15, -0.1) is 11.3 Å². The number of benzene rings is 1. The van der Waals surface area contributed by atoms with Crippen LogP contribution < -0.4 is 15.0 Å². The summed E-state index contributed by atoms with van der Waals surface area (Å²) < 4.78 is 5.30. The number of carbonyl (C=O) groups excluding carboxylic acids is 1. The molecule has 1 amide bonds. The number of thiophene rings is 1. The van der Waals surface area contributed by atoms with E-state index in [9.17, 15) is 4.79 Å². The molecule has 0 saturated heterocycles. The summed E-state index contributed by atoms with van der Waals surface area (Å²) in [6, 6.07) is 9.93. The van der Waals surface area contributed by atoms with Crippen LogP contribution in [0.2, 0.25) is 0 Å². The predicted molar refractivity (Wildman–Crippen MR) is 90.8 cm³/mol. The van der Waals surface area contributed by atoms with Crippen molar-refractivity contribution >= 4 is 22.9 Å². The van der Waals surface area contributed by atoms with Crippen molar-refractivity contribution in [1.29, 1.82) is 0 Å². The van der Waals surface area contributed by atoms with Crippen LogP contribution in [0.5, 0.6) is 5.75 Å². The summed E-state index contributed by atoms with van der Waals surface area (Å²) in [6.07, 6.45) is 0. The van der Waals surface area contributed by atoms with E-state index >= 15 is 0 Å². The second kappa shape index (κ2) is 7.96. The number of quaternary nitrogens is 1. The molecule has 0 spiro atoms. The summed E-state index contributed by atoms with van der Waals surface area (Å²) in [6.45, 7) is 6.34. The molecular weight excluding hydrogens is 296 g/mol. The van der Waals surface area contributed by atoms with Gasteiger partial charge in [0.25, 0.3) is 5.91 Å². The molecule has 118 valence electrons. The average molecular weight is 319 g/mol. The molecule has 0 aliphatic heterocycles. The fraction of sp³-hybridized carbons (Fsp3) is 0.353. The average Bonchev–Trinajstić information content (AvgIpc) is 2.99. The third-order valence-electron chi connectivity index (χ3n) is 3.54. The number of hydrogen-bond acceptors (Lipinski definition) is 3. The normalized spacial score (nSPS) is 12.0. The molecule has 2 aromatic rings. The minimum absolute atomic E-state index is 0.0114. The standard InChI is InChI=1S/C17H22N2O2S/c1-4-19(11-14-6-5-9-22-14)12-17(20)18-15-10-13(2)7-8-16(15)21-3/h5-10H,4,11-12H2,1-3H3,(H,18,20)/p+1. The van der Waals surface area contributed by atoms with Gasteiger partial charge < -0.3 is 15.0 Å². The van der Waals surface area contributed by atoms with Crippen molar-refractivity contribution in [2.24, 2.45) is 0 Å². The molecule has 2 N–H and O–H groups in total. The summed E-state index contributed by atoms with van der Waals surface area (Å²) in [4.78, 5) is 14.9. The van der Waals surface area contributed by atoms with Gasteiger partial charge in [0.1, 0.15) is 12.3 Å². The zero-order chi connectivity index (χ0) is 15.9. The zero-order valence-electron chi connectivity index (χ0n) is 13.3. The number of rotatable bonds is 7. The molecule has 0 bridgehead atoms. The summed E-state index contributed by atoms with van der Waals surface area (Å²) in [5.74, 6) is 0.701. The monoisotopic (exact) mass is 319 g/mol. The van der Waals surface area contributed by atoms with E-state index in [1.54, 1.807) is 18.4 Å². The van der Waals surface area contributed by atoms with Gasteiger partial charge in [-0.2, -0.15) is 0 Å². The number of aryl methyl sites for hydroxylation is 1. The number of amides is 1. The first-order valence-corrected chi connectivity index (χ1v) is 8.30. The highest BCUT2D eigenvalue weighted by molar-refractivity contribution is 7.09. The fourth-order valence-corrected chi connectivity index (χ4v) is 3.09. The number of hydrogen-bond donors (Lipinski definition) is 2. The number of carbonyl (C=O) groups is 1. The maximum atomic E-state index is 12.3. The van der Waals surface area contributed by atoms with Gasteiger partial charge in [-0.3, -0.25) is 4.79 Å². The lowest BCUT2D eigenvalue weighted by molar-refractivity contribution is -0.903. The van der Waals surface area contributed by atoms with E-state index < -0.39 is 0 Å². The zero-order valence-corrected chi connectivity index (χ0v) is 14.1. The maximum absolute atomic E-state index is 12.3. The minimum atomic E-state index is 0.0114. The van der Waals surface area contributed by atoms with Crippen LogP contribution in [0, 0.1) is 6.92 Å². The Morgan fingerprint density at radius 3 is 2.82 bits per heavy atom. The first-order valence-electron chi connectivity index (χ1n) is 7.42. The minimum Gasteiger partial charge on any atom is -0.495 e. The lowest BCUT2D eigenvalue weighted by atomic mass is 10.2. The molecule has 0 radical (unpaired) electrons. The molecule has 1 aromatic carbocycles. The van der Waals surface area contributed by atoms with Gasteiger partial charge in [0, 0.05) is 0 Å². The van der Waals surface area contributed by atoms with Crippen LogP contribution in [0.25, 0.3) is 0 Å². The van der Waals surface area contributed by atoms with Gasteiger partial charge in [0.15, 0.2) is 6.54 Å². The van der Waals surface area contributed by atoms with Crippen LogP contribution in [-0.4, -0.2) is 26.1 Å². The molecular formula is C17H23N2O2S+. The quantitative estimate of drug-likeness (QED) is 0.821. The first kappa shape index (κ1) is 16.5. The van der Waals surface area contributed by atoms with Crippen LogP contribution in [-0.2, 0) is 11.3 Å². The van der Waals surface area contributed by atoms with E-state index in [0.29, 0.717) is 12.3 Å². The van der Waals surface area contributed by atoms with Gasteiger partial charge in [-0.1, -0.05) is 12.1 Å². The maximum Gasteiger partial charge on any atom is 0.279 e. The van der Waals surface area contributed by atoms with Crippen LogP contribution in [0.4, 0.5) is 5.69 Å². The van der Waals surface area contributed by atoms with E-state index in [0.717, 1.165) is 24.3 Å². The fourth-order valence-electron chi connectivity index (χ4n) is 2.31. The highest BCUT2D eigenvalue weighted by atomic mass is 32.1. The van der Waals surface area contributed by atoms with Crippen molar-refractivity contribution in [3.8, 4) is 5.75 Å². The SMILES string of the molecule is CC[NH+](CC(=O)Nc1cc(C)ccc1OC)Cc1cccs1. The van der Waals surface area contributed by atoms with E-state index in [4.69, 9.17) is 4.74 Å². The largest absolute Gasteiger partial charge is 0.495 e. The molecule has 0 aliphatic rings.